The maximum absolute atomic E-state index is 11.7. The second-order valence-electron chi connectivity index (χ2n) is 4.58. The van der Waals surface area contributed by atoms with Gasteiger partial charge in [0.1, 0.15) is 0 Å². The molecule has 0 aromatic carbocycles. The smallest absolute Gasteiger partial charge is 0.223 e. The van der Waals surface area contributed by atoms with E-state index in [0.29, 0.717) is 13.0 Å². The Bertz CT molecular complexity index is 227. The maximum Gasteiger partial charge on any atom is 0.223 e. The molecule has 0 bridgehead atoms. The fraction of sp³-hybridized carbons (Fsp3) is 0.909. The van der Waals surface area contributed by atoms with Gasteiger partial charge >= 0.3 is 0 Å². The van der Waals surface area contributed by atoms with Crippen molar-refractivity contribution in [2.24, 2.45) is 0 Å². The van der Waals surface area contributed by atoms with Gasteiger partial charge in [0.2, 0.25) is 5.91 Å². The van der Waals surface area contributed by atoms with Gasteiger partial charge in [-0.3, -0.25) is 4.79 Å². The van der Waals surface area contributed by atoms with Crippen LogP contribution < -0.4 is 0 Å². The molecule has 0 spiro atoms. The third-order valence-electron chi connectivity index (χ3n) is 3.36. The molecule has 1 amide bonds. The maximum atomic E-state index is 11.7. The van der Waals surface area contributed by atoms with Gasteiger partial charge in [-0.05, 0) is 32.4 Å². The van der Waals surface area contributed by atoms with Gasteiger partial charge in [-0.1, -0.05) is 0 Å². The monoisotopic (exact) mass is 212 g/mol. The number of aliphatic hydroxyl groups is 1. The molecule has 2 saturated heterocycles. The van der Waals surface area contributed by atoms with Crippen molar-refractivity contribution in [3.05, 3.63) is 0 Å². The molecule has 4 nitrogen and oxygen atoms in total. The van der Waals surface area contributed by atoms with Gasteiger partial charge in [0.15, 0.2) is 0 Å². The van der Waals surface area contributed by atoms with Crippen LogP contribution in [0.15, 0.2) is 0 Å². The molecular weight excluding hydrogens is 192 g/mol. The molecule has 0 radical (unpaired) electrons. The SMILES string of the molecule is O=C(CCN1CCCC1)N1CC[C@@H](O)C1. The Labute approximate surface area is 90.9 Å². The summed E-state index contributed by atoms with van der Waals surface area (Å²) in [7, 11) is 0. The summed E-state index contributed by atoms with van der Waals surface area (Å²) in [5, 5.41) is 9.32. The zero-order valence-electron chi connectivity index (χ0n) is 9.19. The summed E-state index contributed by atoms with van der Waals surface area (Å²) in [6, 6.07) is 0. The molecule has 1 N–H and O–H groups in total. The quantitative estimate of drug-likeness (QED) is 0.720. The number of amides is 1. The fourth-order valence-corrected chi connectivity index (χ4v) is 2.39. The first-order valence-corrected chi connectivity index (χ1v) is 5.94. The molecule has 0 unspecified atom stereocenters. The Morgan fingerprint density at radius 3 is 2.60 bits per heavy atom. The number of likely N-dealkylation sites (tertiary alicyclic amines) is 2. The van der Waals surface area contributed by atoms with Gasteiger partial charge in [-0.15, -0.1) is 0 Å². The minimum Gasteiger partial charge on any atom is -0.391 e. The molecule has 2 rings (SSSR count). The lowest BCUT2D eigenvalue weighted by Crippen LogP contribution is -2.32. The first kappa shape index (κ1) is 10.9. The highest BCUT2D eigenvalue weighted by atomic mass is 16.3. The molecular formula is C11H20N2O2. The van der Waals surface area contributed by atoms with E-state index < -0.39 is 0 Å². The molecule has 0 aliphatic carbocycles. The largest absolute Gasteiger partial charge is 0.391 e. The zero-order chi connectivity index (χ0) is 10.7. The minimum atomic E-state index is -0.291. The number of nitrogens with zero attached hydrogens (tertiary/aromatic N) is 2. The van der Waals surface area contributed by atoms with Crippen LogP contribution in [-0.4, -0.2) is 59.6 Å². The lowest BCUT2D eigenvalue weighted by atomic mass is 10.3. The summed E-state index contributed by atoms with van der Waals surface area (Å²) < 4.78 is 0. The Kier molecular flexibility index (Phi) is 3.59. The van der Waals surface area contributed by atoms with E-state index in [1.165, 1.54) is 12.8 Å². The summed E-state index contributed by atoms with van der Waals surface area (Å²) >= 11 is 0. The van der Waals surface area contributed by atoms with Crippen molar-refractivity contribution in [3.63, 3.8) is 0 Å². The van der Waals surface area contributed by atoms with E-state index in [4.69, 9.17) is 0 Å². The Hall–Kier alpha value is -0.610. The van der Waals surface area contributed by atoms with Crippen molar-refractivity contribution in [3.8, 4) is 0 Å². The lowest BCUT2D eigenvalue weighted by molar-refractivity contribution is -0.130. The van der Waals surface area contributed by atoms with E-state index in [-0.39, 0.29) is 12.0 Å². The number of rotatable bonds is 3. The van der Waals surface area contributed by atoms with Crippen LogP contribution in [0.2, 0.25) is 0 Å². The fourth-order valence-electron chi connectivity index (χ4n) is 2.39. The predicted octanol–water partition coefficient (Wildman–Crippen LogP) is 0.0655. The number of aliphatic hydroxyl groups excluding tert-OH is 1. The van der Waals surface area contributed by atoms with Gasteiger partial charge in [0.25, 0.3) is 0 Å². The van der Waals surface area contributed by atoms with Crippen molar-refractivity contribution >= 4 is 5.91 Å². The zero-order valence-corrected chi connectivity index (χ0v) is 9.19. The molecule has 1 atom stereocenters. The molecule has 15 heavy (non-hydrogen) atoms. The van der Waals surface area contributed by atoms with Gasteiger partial charge in [-0.25, -0.2) is 0 Å². The van der Waals surface area contributed by atoms with Gasteiger partial charge in [-0.2, -0.15) is 0 Å². The van der Waals surface area contributed by atoms with Crippen LogP contribution in [0, 0.1) is 0 Å². The van der Waals surface area contributed by atoms with Crippen LogP contribution in [0.25, 0.3) is 0 Å². The Morgan fingerprint density at radius 1 is 1.27 bits per heavy atom. The molecule has 4 heteroatoms. The van der Waals surface area contributed by atoms with Crippen LogP contribution in [-0.2, 0) is 4.79 Å². The standard InChI is InChI=1S/C11H20N2O2/c14-10-3-8-13(9-10)11(15)4-7-12-5-1-2-6-12/h10,14H,1-9H2/t10-/m1/s1. The number of carbonyl (C=O) groups is 1. The lowest BCUT2D eigenvalue weighted by Gasteiger charge is -2.18. The van der Waals surface area contributed by atoms with Crippen LogP contribution in [0.4, 0.5) is 0 Å². The third-order valence-corrected chi connectivity index (χ3v) is 3.36. The highest BCUT2D eigenvalue weighted by molar-refractivity contribution is 5.76. The summed E-state index contributed by atoms with van der Waals surface area (Å²) in [6.45, 7) is 4.47. The Morgan fingerprint density at radius 2 is 2.00 bits per heavy atom. The highest BCUT2D eigenvalue weighted by Gasteiger charge is 2.24. The van der Waals surface area contributed by atoms with E-state index in [1.807, 2.05) is 0 Å². The number of hydrogen-bond donors (Lipinski definition) is 1. The molecule has 2 aliphatic heterocycles. The molecule has 86 valence electrons. The summed E-state index contributed by atoms with van der Waals surface area (Å²) in [5.41, 5.74) is 0. The van der Waals surface area contributed by atoms with E-state index in [9.17, 15) is 9.90 Å². The van der Waals surface area contributed by atoms with Crippen LogP contribution in [0.1, 0.15) is 25.7 Å². The van der Waals surface area contributed by atoms with E-state index in [2.05, 4.69) is 4.90 Å². The second kappa shape index (κ2) is 4.94. The number of β-amino-alcohol motifs (C(OH)–C–C–N with tert-alkyl or cyclic N) is 1. The highest BCUT2D eigenvalue weighted by Crippen LogP contribution is 2.12. The number of hydrogen-bond acceptors (Lipinski definition) is 3. The van der Waals surface area contributed by atoms with Crippen molar-refractivity contribution in [2.75, 3.05) is 32.7 Å². The molecule has 2 heterocycles. The summed E-state index contributed by atoms with van der Waals surface area (Å²) in [4.78, 5) is 15.9. The average Bonchev–Trinajstić information content (AvgIpc) is 2.84. The third kappa shape index (κ3) is 2.92. The van der Waals surface area contributed by atoms with Crippen LogP contribution >= 0.6 is 0 Å². The van der Waals surface area contributed by atoms with E-state index in [0.717, 1.165) is 32.6 Å². The average molecular weight is 212 g/mol. The van der Waals surface area contributed by atoms with Gasteiger partial charge in [0.05, 0.1) is 6.10 Å². The van der Waals surface area contributed by atoms with Crippen LogP contribution in [0.3, 0.4) is 0 Å². The van der Waals surface area contributed by atoms with Gasteiger partial charge in [0, 0.05) is 26.1 Å². The predicted molar refractivity (Wildman–Crippen MR) is 57.5 cm³/mol. The van der Waals surface area contributed by atoms with Crippen LogP contribution in [0.5, 0.6) is 0 Å². The summed E-state index contributed by atoms with van der Waals surface area (Å²) in [6.07, 6.45) is 3.62. The van der Waals surface area contributed by atoms with Gasteiger partial charge < -0.3 is 14.9 Å². The minimum absolute atomic E-state index is 0.207. The van der Waals surface area contributed by atoms with Crippen molar-refractivity contribution in [2.45, 2.75) is 31.8 Å². The van der Waals surface area contributed by atoms with Crippen molar-refractivity contribution < 1.29 is 9.90 Å². The molecule has 2 aliphatic rings. The first-order valence-electron chi connectivity index (χ1n) is 5.94. The van der Waals surface area contributed by atoms with Crippen molar-refractivity contribution in [1.82, 2.24) is 9.80 Å². The molecule has 0 aromatic heterocycles. The second-order valence-corrected chi connectivity index (χ2v) is 4.58. The topological polar surface area (TPSA) is 43.8 Å². The van der Waals surface area contributed by atoms with Crippen molar-refractivity contribution in [1.29, 1.82) is 0 Å². The molecule has 0 aromatic rings. The summed E-state index contributed by atoms with van der Waals surface area (Å²) in [5.74, 6) is 0.207. The first-order chi connectivity index (χ1) is 7.25. The number of carbonyl (C=O) groups excluding carboxylic acids is 1. The van der Waals surface area contributed by atoms with E-state index >= 15 is 0 Å². The molecule has 0 saturated carbocycles. The molecule has 2 fully saturated rings. The van der Waals surface area contributed by atoms with E-state index in [1.54, 1.807) is 4.90 Å². The Balaban J connectivity index is 1.67. The normalized spacial score (nSPS) is 27.5.